The molecule has 3 aromatic rings. The average Bonchev–Trinajstić information content (AvgIpc) is 3.08. The summed E-state index contributed by atoms with van der Waals surface area (Å²) in [6.45, 7) is 2.52. The zero-order chi connectivity index (χ0) is 17.5. The van der Waals surface area contributed by atoms with E-state index in [1.54, 1.807) is 16.9 Å². The van der Waals surface area contributed by atoms with Gasteiger partial charge in [0.1, 0.15) is 11.6 Å². The molecule has 0 spiro atoms. The molecule has 1 atom stereocenters. The molecule has 5 heteroatoms. The van der Waals surface area contributed by atoms with Gasteiger partial charge in [-0.25, -0.2) is 4.68 Å². The van der Waals surface area contributed by atoms with Gasteiger partial charge in [0.25, 0.3) is 5.91 Å². The molecule has 0 aliphatic carbocycles. The van der Waals surface area contributed by atoms with Gasteiger partial charge in [-0.3, -0.25) is 4.79 Å². The minimum atomic E-state index is -0.553. The number of benzene rings is 2. The Hall–Kier alpha value is -3.08. The first-order valence-corrected chi connectivity index (χ1v) is 8.34. The average molecular weight is 335 g/mol. The lowest BCUT2D eigenvalue weighted by Crippen LogP contribution is -2.33. The normalized spacial score (nSPS) is 11.7. The van der Waals surface area contributed by atoms with E-state index in [2.05, 4.69) is 10.4 Å². The number of hydrogen-bond acceptors (Lipinski definition) is 3. The number of nitrogens with zero attached hydrogens (tertiary/aromatic N) is 2. The Morgan fingerprint density at radius 2 is 1.76 bits per heavy atom. The maximum atomic E-state index is 12.6. The van der Waals surface area contributed by atoms with Gasteiger partial charge >= 0.3 is 0 Å². The van der Waals surface area contributed by atoms with Crippen molar-refractivity contribution in [3.8, 4) is 5.75 Å². The first kappa shape index (κ1) is 16.8. The lowest BCUT2D eigenvalue weighted by molar-refractivity contribution is -0.122. The van der Waals surface area contributed by atoms with Gasteiger partial charge in [-0.2, -0.15) is 5.10 Å². The maximum Gasteiger partial charge on any atom is 0.266 e. The molecule has 0 saturated heterocycles. The van der Waals surface area contributed by atoms with E-state index < -0.39 is 6.10 Å². The van der Waals surface area contributed by atoms with Crippen molar-refractivity contribution in [1.29, 1.82) is 0 Å². The predicted molar refractivity (Wildman–Crippen MR) is 97.5 cm³/mol. The third-order valence-electron chi connectivity index (χ3n) is 3.83. The smallest absolute Gasteiger partial charge is 0.266 e. The molecule has 1 N–H and O–H groups in total. The zero-order valence-electron chi connectivity index (χ0n) is 14.1. The third kappa shape index (κ3) is 4.47. The topological polar surface area (TPSA) is 56.1 Å². The molecular formula is C20H21N3O2. The summed E-state index contributed by atoms with van der Waals surface area (Å²) in [7, 11) is 0. The van der Waals surface area contributed by atoms with E-state index in [4.69, 9.17) is 4.74 Å². The Balaban J connectivity index is 1.67. The highest BCUT2D eigenvalue weighted by molar-refractivity contribution is 5.93. The van der Waals surface area contributed by atoms with Gasteiger partial charge in [-0.1, -0.05) is 55.5 Å². The first-order chi connectivity index (χ1) is 12.3. The number of carbonyl (C=O) groups is 1. The summed E-state index contributed by atoms with van der Waals surface area (Å²) in [6, 6.07) is 21.2. The Morgan fingerprint density at radius 3 is 2.44 bits per heavy atom. The summed E-state index contributed by atoms with van der Waals surface area (Å²) >= 11 is 0. The van der Waals surface area contributed by atoms with Gasteiger partial charge in [0.05, 0.1) is 12.7 Å². The summed E-state index contributed by atoms with van der Waals surface area (Å²) in [5.74, 6) is 1.16. The van der Waals surface area contributed by atoms with Crippen LogP contribution >= 0.6 is 0 Å². The van der Waals surface area contributed by atoms with Gasteiger partial charge < -0.3 is 10.1 Å². The zero-order valence-corrected chi connectivity index (χ0v) is 14.1. The fourth-order valence-corrected chi connectivity index (χ4v) is 2.51. The van der Waals surface area contributed by atoms with Crippen molar-refractivity contribution in [3.63, 3.8) is 0 Å². The second-order valence-electron chi connectivity index (χ2n) is 5.68. The minimum Gasteiger partial charge on any atom is -0.481 e. The molecule has 0 radical (unpaired) electrons. The second kappa shape index (κ2) is 8.15. The lowest BCUT2D eigenvalue weighted by atomic mass is 10.2. The van der Waals surface area contributed by atoms with E-state index in [0.29, 0.717) is 24.5 Å². The Morgan fingerprint density at radius 1 is 1.08 bits per heavy atom. The molecule has 0 aliphatic heterocycles. The molecule has 3 rings (SSSR count). The molecule has 0 aliphatic rings. The number of amides is 1. The van der Waals surface area contributed by atoms with Crippen LogP contribution in [0.1, 0.15) is 18.9 Å². The van der Waals surface area contributed by atoms with Gasteiger partial charge in [0, 0.05) is 6.07 Å². The van der Waals surface area contributed by atoms with Gasteiger partial charge in [-0.15, -0.1) is 0 Å². The van der Waals surface area contributed by atoms with Gasteiger partial charge in [-0.05, 0) is 24.1 Å². The van der Waals surface area contributed by atoms with Crippen LogP contribution in [0.3, 0.4) is 0 Å². The number of carbonyl (C=O) groups excluding carboxylic acids is 1. The van der Waals surface area contributed by atoms with Crippen molar-refractivity contribution < 1.29 is 9.53 Å². The van der Waals surface area contributed by atoms with E-state index in [0.717, 1.165) is 5.56 Å². The lowest BCUT2D eigenvalue weighted by Gasteiger charge is -2.17. The highest BCUT2D eigenvalue weighted by Crippen LogP contribution is 2.15. The van der Waals surface area contributed by atoms with Crippen LogP contribution in [-0.2, 0) is 11.3 Å². The van der Waals surface area contributed by atoms with Crippen molar-refractivity contribution in [2.75, 3.05) is 5.32 Å². The first-order valence-electron chi connectivity index (χ1n) is 8.34. The van der Waals surface area contributed by atoms with Crippen molar-refractivity contribution in [2.24, 2.45) is 0 Å². The molecule has 1 unspecified atom stereocenters. The second-order valence-corrected chi connectivity index (χ2v) is 5.68. The molecule has 0 saturated carbocycles. The maximum absolute atomic E-state index is 12.6. The number of rotatable bonds is 7. The van der Waals surface area contributed by atoms with Crippen molar-refractivity contribution in [2.45, 2.75) is 26.0 Å². The summed E-state index contributed by atoms with van der Waals surface area (Å²) in [4.78, 5) is 12.6. The van der Waals surface area contributed by atoms with E-state index >= 15 is 0 Å². The highest BCUT2D eigenvalue weighted by Gasteiger charge is 2.19. The predicted octanol–water partition coefficient (Wildman–Crippen LogP) is 3.73. The molecule has 5 nitrogen and oxygen atoms in total. The summed E-state index contributed by atoms with van der Waals surface area (Å²) < 4.78 is 7.56. The molecule has 0 fully saturated rings. The molecule has 25 heavy (non-hydrogen) atoms. The molecule has 1 heterocycles. The fourth-order valence-electron chi connectivity index (χ4n) is 2.51. The van der Waals surface area contributed by atoms with Crippen LogP contribution in [0.4, 0.5) is 5.82 Å². The van der Waals surface area contributed by atoms with Crippen LogP contribution in [0.2, 0.25) is 0 Å². The molecule has 1 amide bonds. The number of nitrogens with one attached hydrogen (secondary N) is 1. The summed E-state index contributed by atoms with van der Waals surface area (Å²) in [5.41, 5.74) is 1.12. The number of hydrogen-bond donors (Lipinski definition) is 1. The number of anilines is 1. The van der Waals surface area contributed by atoms with E-state index in [9.17, 15) is 4.79 Å². The van der Waals surface area contributed by atoms with Crippen molar-refractivity contribution in [1.82, 2.24) is 9.78 Å². The summed E-state index contributed by atoms with van der Waals surface area (Å²) in [6.07, 6.45) is 1.70. The van der Waals surface area contributed by atoms with E-state index in [1.165, 1.54) is 0 Å². The molecule has 128 valence electrons. The largest absolute Gasteiger partial charge is 0.481 e. The number of aromatic nitrogens is 2. The Bertz CT molecular complexity index is 800. The van der Waals surface area contributed by atoms with Crippen molar-refractivity contribution in [3.05, 3.63) is 78.5 Å². The molecule has 1 aromatic heterocycles. The van der Waals surface area contributed by atoms with Crippen LogP contribution in [0.25, 0.3) is 0 Å². The number of ether oxygens (including phenoxy) is 1. The summed E-state index contributed by atoms with van der Waals surface area (Å²) in [5, 5.41) is 7.21. The third-order valence-corrected chi connectivity index (χ3v) is 3.83. The highest BCUT2D eigenvalue weighted by atomic mass is 16.5. The molecule has 2 aromatic carbocycles. The quantitative estimate of drug-likeness (QED) is 0.716. The number of para-hydroxylation sites is 1. The SMILES string of the molecule is CCC(Oc1ccccc1)C(=O)Nc1ccnn1Cc1ccccc1. The van der Waals surface area contributed by atoms with Crippen LogP contribution in [-0.4, -0.2) is 21.8 Å². The Labute approximate surface area is 147 Å². The van der Waals surface area contributed by atoms with Crippen molar-refractivity contribution >= 4 is 11.7 Å². The Kier molecular flexibility index (Phi) is 5.46. The van der Waals surface area contributed by atoms with Crippen LogP contribution in [0, 0.1) is 0 Å². The van der Waals surface area contributed by atoms with E-state index in [-0.39, 0.29) is 5.91 Å². The van der Waals surface area contributed by atoms with Gasteiger partial charge in [0.2, 0.25) is 0 Å². The standard InChI is InChI=1S/C20H21N3O2/c1-2-18(25-17-11-7-4-8-12-17)20(24)22-19-13-14-21-23(19)15-16-9-5-3-6-10-16/h3-14,18H,2,15H2,1H3,(H,22,24). The molecule has 0 bridgehead atoms. The van der Waals surface area contributed by atoms with Crippen LogP contribution in [0.15, 0.2) is 72.9 Å². The van der Waals surface area contributed by atoms with E-state index in [1.807, 2.05) is 67.6 Å². The minimum absolute atomic E-state index is 0.179. The van der Waals surface area contributed by atoms with Crippen LogP contribution in [0.5, 0.6) is 5.75 Å². The van der Waals surface area contributed by atoms with Crippen LogP contribution < -0.4 is 10.1 Å². The molecular weight excluding hydrogens is 314 g/mol. The monoisotopic (exact) mass is 335 g/mol. The van der Waals surface area contributed by atoms with Gasteiger partial charge in [0.15, 0.2) is 6.10 Å². The fraction of sp³-hybridized carbons (Fsp3) is 0.200.